The molecular weight excluding hydrogens is 298 g/mol. The smallest absolute Gasteiger partial charge is 0.267 e. The van der Waals surface area contributed by atoms with Crippen LogP contribution in [0.25, 0.3) is 0 Å². The van der Waals surface area contributed by atoms with E-state index < -0.39 is 9.73 Å². The first kappa shape index (κ1) is 14.9. The zero-order valence-corrected chi connectivity index (χ0v) is 13.4. The lowest BCUT2D eigenvalue weighted by Gasteiger charge is -2.17. The van der Waals surface area contributed by atoms with Gasteiger partial charge in [0.15, 0.2) is 0 Å². The SMILES string of the molecule is Cc1ccc(S(C)(=O)=NC(=O)C2CSCCS2)cc1. The number of rotatable bonds is 2. The Labute approximate surface area is 123 Å². The first-order chi connectivity index (χ1) is 8.99. The van der Waals surface area contributed by atoms with Crippen molar-refractivity contribution in [3.63, 3.8) is 0 Å². The molecule has 0 saturated carbocycles. The van der Waals surface area contributed by atoms with Gasteiger partial charge in [0.1, 0.15) is 0 Å². The minimum Gasteiger partial charge on any atom is -0.271 e. The monoisotopic (exact) mass is 315 g/mol. The molecule has 0 aromatic heterocycles. The van der Waals surface area contributed by atoms with Crippen LogP contribution in [-0.2, 0) is 14.5 Å². The molecule has 1 aliphatic rings. The van der Waals surface area contributed by atoms with Crippen LogP contribution < -0.4 is 0 Å². The van der Waals surface area contributed by atoms with Gasteiger partial charge in [0, 0.05) is 28.4 Å². The highest BCUT2D eigenvalue weighted by Gasteiger charge is 2.23. The summed E-state index contributed by atoms with van der Waals surface area (Å²) in [6.07, 6.45) is 1.54. The Hall–Kier alpha value is -0.460. The highest BCUT2D eigenvalue weighted by atomic mass is 32.2. The first-order valence-electron chi connectivity index (χ1n) is 6.01. The molecule has 1 fully saturated rings. The second-order valence-electron chi connectivity index (χ2n) is 4.48. The quantitative estimate of drug-likeness (QED) is 0.842. The average molecular weight is 315 g/mol. The second-order valence-corrected chi connectivity index (χ2v) is 9.20. The number of thioether (sulfide) groups is 2. The van der Waals surface area contributed by atoms with Crippen LogP contribution in [0.15, 0.2) is 33.5 Å². The number of aryl methyl sites for hydroxylation is 1. The van der Waals surface area contributed by atoms with E-state index in [9.17, 15) is 9.00 Å². The maximum atomic E-state index is 12.5. The molecule has 6 heteroatoms. The molecule has 0 aliphatic carbocycles. The molecule has 1 amide bonds. The lowest BCUT2D eigenvalue weighted by atomic mass is 10.2. The van der Waals surface area contributed by atoms with Gasteiger partial charge in [0.2, 0.25) is 0 Å². The number of carbonyl (C=O) groups is 1. The van der Waals surface area contributed by atoms with Gasteiger partial charge in [-0.3, -0.25) is 4.79 Å². The Morgan fingerprint density at radius 1 is 1.32 bits per heavy atom. The van der Waals surface area contributed by atoms with Crippen LogP contribution >= 0.6 is 23.5 Å². The summed E-state index contributed by atoms with van der Waals surface area (Å²) in [6.45, 7) is 1.97. The van der Waals surface area contributed by atoms with Crippen LogP contribution in [0.5, 0.6) is 0 Å². The minimum atomic E-state index is -2.62. The molecule has 1 aliphatic heterocycles. The summed E-state index contributed by atoms with van der Waals surface area (Å²) >= 11 is 3.38. The summed E-state index contributed by atoms with van der Waals surface area (Å²) in [7, 11) is -2.62. The molecule has 3 nitrogen and oxygen atoms in total. The van der Waals surface area contributed by atoms with E-state index in [4.69, 9.17) is 0 Å². The lowest BCUT2D eigenvalue weighted by Crippen LogP contribution is -2.23. The molecule has 1 aromatic rings. The summed E-state index contributed by atoms with van der Waals surface area (Å²) in [5, 5.41) is -0.134. The van der Waals surface area contributed by atoms with E-state index in [1.165, 1.54) is 6.26 Å². The molecule has 0 N–H and O–H groups in total. The Balaban J connectivity index is 2.22. The van der Waals surface area contributed by atoms with E-state index >= 15 is 0 Å². The summed E-state index contributed by atoms with van der Waals surface area (Å²) < 4.78 is 16.5. The van der Waals surface area contributed by atoms with E-state index in [2.05, 4.69) is 4.36 Å². The van der Waals surface area contributed by atoms with Crippen LogP contribution in [-0.4, -0.2) is 38.9 Å². The molecule has 1 aromatic carbocycles. The van der Waals surface area contributed by atoms with E-state index in [0.717, 1.165) is 22.8 Å². The number of hydrogen-bond donors (Lipinski definition) is 0. The maximum Gasteiger partial charge on any atom is 0.267 e. The van der Waals surface area contributed by atoms with Crippen LogP contribution in [0.1, 0.15) is 5.56 Å². The Morgan fingerprint density at radius 3 is 2.58 bits per heavy atom. The summed E-state index contributed by atoms with van der Waals surface area (Å²) in [5.74, 6) is 2.58. The third-order valence-electron chi connectivity index (χ3n) is 2.81. The number of amides is 1. The van der Waals surface area contributed by atoms with Crippen molar-refractivity contribution >= 4 is 39.2 Å². The van der Waals surface area contributed by atoms with Crippen LogP contribution in [0, 0.1) is 6.92 Å². The first-order valence-corrected chi connectivity index (χ1v) is 10.1. The van der Waals surface area contributed by atoms with Crippen molar-refractivity contribution in [2.45, 2.75) is 17.1 Å². The van der Waals surface area contributed by atoms with Gasteiger partial charge in [-0.25, -0.2) is 4.21 Å². The van der Waals surface area contributed by atoms with Crippen LogP contribution in [0.3, 0.4) is 0 Å². The molecule has 0 spiro atoms. The molecule has 0 radical (unpaired) electrons. The molecule has 1 heterocycles. The molecule has 1 saturated heterocycles. The third kappa shape index (κ3) is 4.00. The highest BCUT2D eigenvalue weighted by Crippen LogP contribution is 2.25. The van der Waals surface area contributed by atoms with Crippen molar-refractivity contribution in [3.05, 3.63) is 29.8 Å². The predicted molar refractivity (Wildman–Crippen MR) is 84.5 cm³/mol. The van der Waals surface area contributed by atoms with Gasteiger partial charge in [-0.15, -0.1) is 11.8 Å². The number of carbonyl (C=O) groups excluding carboxylic acids is 1. The summed E-state index contributed by atoms with van der Waals surface area (Å²) in [4.78, 5) is 12.7. The molecule has 2 unspecified atom stereocenters. The number of hydrogen-bond acceptors (Lipinski definition) is 4. The second kappa shape index (κ2) is 6.33. The maximum absolute atomic E-state index is 12.5. The molecule has 104 valence electrons. The fraction of sp³-hybridized carbons (Fsp3) is 0.462. The van der Waals surface area contributed by atoms with Gasteiger partial charge in [0.05, 0.1) is 15.0 Å². The van der Waals surface area contributed by atoms with E-state index in [-0.39, 0.29) is 11.2 Å². The lowest BCUT2D eigenvalue weighted by molar-refractivity contribution is -0.116. The van der Waals surface area contributed by atoms with Crippen LogP contribution in [0.2, 0.25) is 0 Å². The Morgan fingerprint density at radius 2 is 2.00 bits per heavy atom. The van der Waals surface area contributed by atoms with Crippen molar-refractivity contribution in [2.75, 3.05) is 23.5 Å². The summed E-state index contributed by atoms with van der Waals surface area (Å²) in [5.41, 5.74) is 1.10. The third-order valence-corrected chi connectivity index (χ3v) is 7.23. The fourth-order valence-corrected chi connectivity index (χ4v) is 5.52. The fourth-order valence-electron chi connectivity index (χ4n) is 1.70. The number of benzene rings is 1. The van der Waals surface area contributed by atoms with Gasteiger partial charge in [-0.05, 0) is 19.1 Å². The van der Waals surface area contributed by atoms with E-state index in [1.54, 1.807) is 35.7 Å². The van der Waals surface area contributed by atoms with Crippen molar-refractivity contribution in [1.29, 1.82) is 0 Å². The Bertz CT molecular complexity index is 568. The van der Waals surface area contributed by atoms with Gasteiger partial charge >= 0.3 is 0 Å². The van der Waals surface area contributed by atoms with Crippen LogP contribution in [0.4, 0.5) is 0 Å². The van der Waals surface area contributed by atoms with Crippen molar-refractivity contribution in [3.8, 4) is 0 Å². The highest BCUT2D eigenvalue weighted by molar-refractivity contribution is 8.07. The van der Waals surface area contributed by atoms with Crippen molar-refractivity contribution < 1.29 is 9.00 Å². The molecule has 19 heavy (non-hydrogen) atoms. The van der Waals surface area contributed by atoms with Gasteiger partial charge in [0.25, 0.3) is 5.91 Å². The Kier molecular flexibility index (Phi) is 4.97. The zero-order valence-electron chi connectivity index (χ0n) is 11.0. The van der Waals surface area contributed by atoms with Crippen molar-refractivity contribution in [2.24, 2.45) is 4.36 Å². The minimum absolute atomic E-state index is 0.134. The molecule has 2 rings (SSSR count). The van der Waals surface area contributed by atoms with Gasteiger partial charge in [-0.2, -0.15) is 16.1 Å². The largest absolute Gasteiger partial charge is 0.271 e. The average Bonchev–Trinajstić information content (AvgIpc) is 2.40. The van der Waals surface area contributed by atoms with Gasteiger partial charge < -0.3 is 0 Å². The molecular formula is C13H17NO2S3. The molecule has 2 atom stereocenters. The normalized spacial score (nSPS) is 22.5. The standard InChI is InChI=1S/C13H17NO2S3/c1-10-3-5-11(6-4-10)19(2,16)14-13(15)12-9-17-7-8-18-12/h3-6,12H,7-9H2,1-2H3. The topological polar surface area (TPSA) is 46.5 Å². The van der Waals surface area contributed by atoms with Crippen molar-refractivity contribution in [1.82, 2.24) is 0 Å². The van der Waals surface area contributed by atoms with E-state index in [1.807, 2.05) is 19.1 Å². The van der Waals surface area contributed by atoms with E-state index in [0.29, 0.717) is 4.90 Å². The predicted octanol–water partition coefficient (Wildman–Crippen LogP) is 2.83. The zero-order chi connectivity index (χ0) is 13.9. The number of nitrogens with zero attached hydrogens (tertiary/aromatic N) is 1. The molecule has 0 bridgehead atoms. The van der Waals surface area contributed by atoms with Gasteiger partial charge in [-0.1, -0.05) is 17.7 Å². The summed E-state index contributed by atoms with van der Waals surface area (Å²) in [6, 6.07) is 7.36.